The lowest BCUT2D eigenvalue weighted by Crippen LogP contribution is -2.08. The smallest absolute Gasteiger partial charge is 0.342 e. The van der Waals surface area contributed by atoms with Crippen LogP contribution >= 0.6 is 23.8 Å². The molecule has 0 amide bonds. The highest BCUT2D eigenvalue weighted by molar-refractivity contribution is 7.71. The standard InChI is InChI=1S/C13H11ClN2O2S/c1-7-10(13(17)18-2)12(19)16-11(15-7)8-5-3-4-6-9(8)14/h3-6H,1-2H3,(H,15,16,19). The maximum atomic E-state index is 11.6. The number of aromatic nitrogens is 2. The number of nitrogens with zero attached hydrogens (tertiary/aromatic N) is 1. The van der Waals surface area contributed by atoms with Gasteiger partial charge in [0.1, 0.15) is 16.0 Å². The predicted octanol–water partition coefficient (Wildman–Crippen LogP) is 3.55. The van der Waals surface area contributed by atoms with E-state index < -0.39 is 5.97 Å². The Hall–Kier alpha value is -1.72. The van der Waals surface area contributed by atoms with Gasteiger partial charge in [0.25, 0.3) is 0 Å². The first-order valence-electron chi connectivity index (χ1n) is 5.48. The Balaban J connectivity index is 2.62. The zero-order valence-corrected chi connectivity index (χ0v) is 11.9. The zero-order valence-electron chi connectivity index (χ0n) is 10.4. The summed E-state index contributed by atoms with van der Waals surface area (Å²) < 4.78 is 4.87. The summed E-state index contributed by atoms with van der Waals surface area (Å²) in [6.07, 6.45) is 0. The van der Waals surface area contributed by atoms with Crippen molar-refractivity contribution >= 4 is 29.8 Å². The summed E-state index contributed by atoms with van der Waals surface area (Å²) in [5.74, 6) is 0.0257. The number of nitrogens with one attached hydrogen (secondary N) is 1. The van der Waals surface area contributed by atoms with E-state index in [1.54, 1.807) is 13.0 Å². The largest absolute Gasteiger partial charge is 0.465 e. The number of carbonyl (C=O) groups excluding carboxylic acids is 1. The van der Waals surface area contributed by atoms with Crippen molar-refractivity contribution in [1.29, 1.82) is 0 Å². The zero-order chi connectivity index (χ0) is 14.0. The Morgan fingerprint density at radius 1 is 1.42 bits per heavy atom. The number of carbonyl (C=O) groups is 1. The molecular weight excluding hydrogens is 284 g/mol. The second-order valence-electron chi connectivity index (χ2n) is 3.86. The normalized spacial score (nSPS) is 10.3. The third kappa shape index (κ3) is 2.67. The number of benzene rings is 1. The van der Waals surface area contributed by atoms with Gasteiger partial charge in [-0.3, -0.25) is 0 Å². The van der Waals surface area contributed by atoms with E-state index in [1.807, 2.05) is 18.2 Å². The van der Waals surface area contributed by atoms with Crippen LogP contribution in [0.1, 0.15) is 16.1 Å². The number of ether oxygens (including phenoxy) is 1. The summed E-state index contributed by atoms with van der Waals surface area (Å²) in [5, 5.41) is 0.561. The van der Waals surface area contributed by atoms with Gasteiger partial charge in [0, 0.05) is 11.3 Å². The van der Waals surface area contributed by atoms with Crippen LogP contribution in [0.25, 0.3) is 11.4 Å². The fourth-order valence-electron chi connectivity index (χ4n) is 1.71. The third-order valence-electron chi connectivity index (χ3n) is 2.63. The number of methoxy groups -OCH3 is 1. The summed E-state index contributed by atoms with van der Waals surface area (Å²) >= 11 is 11.2. The Labute approximate surface area is 120 Å². The number of rotatable bonds is 2. The molecule has 0 saturated carbocycles. The molecule has 1 heterocycles. The maximum absolute atomic E-state index is 11.6. The van der Waals surface area contributed by atoms with Crippen molar-refractivity contribution in [2.24, 2.45) is 0 Å². The van der Waals surface area contributed by atoms with Gasteiger partial charge in [-0.05, 0) is 19.1 Å². The number of halogens is 1. The molecule has 0 spiro atoms. The molecule has 98 valence electrons. The van der Waals surface area contributed by atoms with Gasteiger partial charge in [-0.2, -0.15) is 0 Å². The van der Waals surface area contributed by atoms with Crippen LogP contribution in [0.5, 0.6) is 0 Å². The minimum absolute atomic E-state index is 0.193. The topological polar surface area (TPSA) is 55.0 Å². The van der Waals surface area contributed by atoms with Crippen molar-refractivity contribution in [1.82, 2.24) is 9.97 Å². The molecule has 0 bridgehead atoms. The van der Waals surface area contributed by atoms with Crippen molar-refractivity contribution < 1.29 is 9.53 Å². The molecule has 1 N–H and O–H groups in total. The molecule has 0 atom stereocenters. The molecule has 1 aromatic heterocycles. The fraction of sp³-hybridized carbons (Fsp3) is 0.154. The molecule has 6 heteroatoms. The van der Waals surface area contributed by atoms with Crippen LogP contribution in [0.15, 0.2) is 24.3 Å². The van der Waals surface area contributed by atoms with Gasteiger partial charge in [-0.15, -0.1) is 0 Å². The Morgan fingerprint density at radius 3 is 2.68 bits per heavy atom. The molecule has 2 aromatic rings. The second-order valence-corrected chi connectivity index (χ2v) is 4.66. The molecule has 0 aliphatic heterocycles. The fourth-order valence-corrected chi connectivity index (χ4v) is 2.26. The number of H-pyrrole nitrogens is 1. The van der Waals surface area contributed by atoms with Gasteiger partial charge in [-0.25, -0.2) is 9.78 Å². The van der Waals surface area contributed by atoms with Crippen LogP contribution in [0.4, 0.5) is 0 Å². The van der Waals surface area contributed by atoms with Gasteiger partial charge in [0.05, 0.1) is 12.1 Å². The molecule has 0 fully saturated rings. The van der Waals surface area contributed by atoms with E-state index in [-0.39, 0.29) is 10.2 Å². The van der Waals surface area contributed by atoms with Gasteiger partial charge in [0.15, 0.2) is 0 Å². The van der Waals surface area contributed by atoms with Gasteiger partial charge >= 0.3 is 5.97 Å². The first-order valence-corrected chi connectivity index (χ1v) is 6.27. The van der Waals surface area contributed by atoms with E-state index in [1.165, 1.54) is 7.11 Å². The second kappa shape index (κ2) is 5.50. The number of aryl methyl sites for hydroxylation is 1. The van der Waals surface area contributed by atoms with E-state index in [2.05, 4.69) is 14.7 Å². The van der Waals surface area contributed by atoms with E-state index in [9.17, 15) is 4.79 Å². The molecule has 0 unspecified atom stereocenters. The van der Waals surface area contributed by atoms with Crippen molar-refractivity contribution in [2.45, 2.75) is 6.92 Å². The SMILES string of the molecule is COC(=O)c1c(C)[nH]c(-c2ccccc2Cl)nc1=S. The van der Waals surface area contributed by atoms with Crippen molar-refractivity contribution in [3.8, 4) is 11.4 Å². The van der Waals surface area contributed by atoms with Crippen molar-refractivity contribution in [2.75, 3.05) is 7.11 Å². The lowest BCUT2D eigenvalue weighted by atomic mass is 10.2. The van der Waals surface area contributed by atoms with E-state index in [0.29, 0.717) is 16.5 Å². The molecule has 4 nitrogen and oxygen atoms in total. The molecule has 0 aliphatic rings. The highest BCUT2D eigenvalue weighted by Crippen LogP contribution is 2.25. The van der Waals surface area contributed by atoms with Crippen LogP contribution in [0.2, 0.25) is 5.02 Å². The third-order valence-corrected chi connectivity index (χ3v) is 3.25. The molecule has 2 rings (SSSR count). The number of esters is 1. The van der Waals surface area contributed by atoms with Gasteiger partial charge in [0.2, 0.25) is 0 Å². The first-order chi connectivity index (χ1) is 9.04. The summed E-state index contributed by atoms with van der Waals surface area (Å²) in [7, 11) is 1.30. The molecule has 19 heavy (non-hydrogen) atoms. The summed E-state index contributed by atoms with van der Waals surface area (Å²) in [6, 6.07) is 7.27. The Bertz CT molecular complexity index is 697. The molecule has 0 radical (unpaired) electrons. The van der Waals surface area contributed by atoms with Crippen LogP contribution in [-0.2, 0) is 4.74 Å². The minimum Gasteiger partial charge on any atom is -0.465 e. The molecular formula is C13H11ClN2O2S. The average Bonchev–Trinajstić information content (AvgIpc) is 2.38. The highest BCUT2D eigenvalue weighted by Gasteiger charge is 2.15. The van der Waals surface area contributed by atoms with Crippen LogP contribution in [0.3, 0.4) is 0 Å². The average molecular weight is 295 g/mol. The van der Waals surface area contributed by atoms with Crippen molar-refractivity contribution in [3.63, 3.8) is 0 Å². The van der Waals surface area contributed by atoms with Crippen LogP contribution in [-0.4, -0.2) is 23.0 Å². The summed E-state index contributed by atoms with van der Waals surface area (Å²) in [4.78, 5) is 18.8. The van der Waals surface area contributed by atoms with E-state index >= 15 is 0 Å². The van der Waals surface area contributed by atoms with E-state index in [0.717, 1.165) is 5.56 Å². The quantitative estimate of drug-likeness (QED) is 0.680. The number of hydrogen-bond donors (Lipinski definition) is 1. The van der Waals surface area contributed by atoms with Gasteiger partial charge in [-0.1, -0.05) is 36.0 Å². The molecule has 1 aromatic carbocycles. The lowest BCUT2D eigenvalue weighted by molar-refractivity contribution is 0.0598. The van der Waals surface area contributed by atoms with Gasteiger partial charge < -0.3 is 9.72 Å². The monoisotopic (exact) mass is 294 g/mol. The lowest BCUT2D eigenvalue weighted by Gasteiger charge is -2.08. The maximum Gasteiger partial charge on any atom is 0.342 e. The minimum atomic E-state index is -0.503. The number of hydrogen-bond acceptors (Lipinski definition) is 4. The number of aromatic amines is 1. The predicted molar refractivity (Wildman–Crippen MR) is 75.9 cm³/mol. The van der Waals surface area contributed by atoms with E-state index in [4.69, 9.17) is 23.8 Å². The molecule has 0 saturated heterocycles. The first kappa shape index (κ1) is 13.7. The Morgan fingerprint density at radius 2 is 2.11 bits per heavy atom. The summed E-state index contributed by atoms with van der Waals surface area (Å²) in [6.45, 7) is 1.74. The Kier molecular flexibility index (Phi) is 3.97. The molecule has 0 aliphatic carbocycles. The van der Waals surface area contributed by atoms with Crippen molar-refractivity contribution in [3.05, 3.63) is 45.2 Å². The highest BCUT2D eigenvalue weighted by atomic mass is 35.5. The summed E-state index contributed by atoms with van der Waals surface area (Å²) in [5.41, 5.74) is 1.60. The van der Waals surface area contributed by atoms with Crippen LogP contribution in [0, 0.1) is 11.6 Å². The van der Waals surface area contributed by atoms with Crippen LogP contribution < -0.4 is 0 Å².